The summed E-state index contributed by atoms with van der Waals surface area (Å²) < 4.78 is 0. The molecule has 0 saturated heterocycles. The number of phenols is 1. The first kappa shape index (κ1) is 11.1. The van der Waals surface area contributed by atoms with Gasteiger partial charge in [-0.1, -0.05) is 18.2 Å². The standard InChI is InChI=1S/C14H11NO2/c16-10-12-9-11(5-7-14(12)17)4-6-13-3-1-2-8-15-13/h1-10,17H/b6-4+. The molecule has 0 unspecified atom stereocenters. The first-order valence-corrected chi connectivity index (χ1v) is 5.17. The predicted molar refractivity (Wildman–Crippen MR) is 66.7 cm³/mol. The van der Waals surface area contributed by atoms with E-state index in [-0.39, 0.29) is 11.3 Å². The van der Waals surface area contributed by atoms with Crippen LogP contribution in [0.2, 0.25) is 0 Å². The van der Waals surface area contributed by atoms with Crippen LogP contribution in [0.25, 0.3) is 12.2 Å². The Morgan fingerprint density at radius 2 is 2.00 bits per heavy atom. The van der Waals surface area contributed by atoms with Crippen LogP contribution in [0.15, 0.2) is 42.6 Å². The summed E-state index contributed by atoms with van der Waals surface area (Å²) in [7, 11) is 0. The van der Waals surface area contributed by atoms with Crippen molar-refractivity contribution in [3.63, 3.8) is 0 Å². The van der Waals surface area contributed by atoms with Crippen LogP contribution in [0.1, 0.15) is 21.6 Å². The van der Waals surface area contributed by atoms with Crippen LogP contribution in [0.3, 0.4) is 0 Å². The van der Waals surface area contributed by atoms with Crippen LogP contribution in [0, 0.1) is 0 Å². The molecule has 0 atom stereocenters. The number of aromatic hydroxyl groups is 1. The maximum absolute atomic E-state index is 10.7. The summed E-state index contributed by atoms with van der Waals surface area (Å²) >= 11 is 0. The zero-order chi connectivity index (χ0) is 12.1. The second kappa shape index (κ2) is 5.07. The highest BCUT2D eigenvalue weighted by Crippen LogP contribution is 2.17. The van der Waals surface area contributed by atoms with Crippen molar-refractivity contribution in [1.82, 2.24) is 4.98 Å². The van der Waals surface area contributed by atoms with E-state index in [9.17, 15) is 9.90 Å². The SMILES string of the molecule is O=Cc1cc(/C=C/c2ccccn2)ccc1O. The van der Waals surface area contributed by atoms with Gasteiger partial charge < -0.3 is 5.11 Å². The number of rotatable bonds is 3. The van der Waals surface area contributed by atoms with Crippen molar-refractivity contribution >= 4 is 18.4 Å². The maximum atomic E-state index is 10.7. The number of aldehydes is 1. The molecule has 0 radical (unpaired) electrons. The smallest absolute Gasteiger partial charge is 0.153 e. The molecule has 0 fully saturated rings. The number of carbonyl (C=O) groups is 1. The molecule has 17 heavy (non-hydrogen) atoms. The second-order valence-electron chi connectivity index (χ2n) is 3.52. The van der Waals surface area contributed by atoms with Crippen LogP contribution in [-0.4, -0.2) is 16.4 Å². The van der Waals surface area contributed by atoms with Gasteiger partial charge in [0.2, 0.25) is 0 Å². The summed E-state index contributed by atoms with van der Waals surface area (Å²) in [5.74, 6) is -0.00464. The van der Waals surface area contributed by atoms with Gasteiger partial charge >= 0.3 is 0 Å². The lowest BCUT2D eigenvalue weighted by Crippen LogP contribution is -1.83. The zero-order valence-electron chi connectivity index (χ0n) is 9.08. The molecule has 0 amide bonds. The molecule has 3 heteroatoms. The fourth-order valence-corrected chi connectivity index (χ4v) is 1.43. The largest absolute Gasteiger partial charge is 0.507 e. The third-order valence-electron chi connectivity index (χ3n) is 2.31. The molecule has 1 aromatic heterocycles. The van der Waals surface area contributed by atoms with Crippen molar-refractivity contribution in [2.24, 2.45) is 0 Å². The molecule has 1 aromatic carbocycles. The van der Waals surface area contributed by atoms with Crippen molar-refractivity contribution in [2.45, 2.75) is 0 Å². The number of carbonyl (C=O) groups excluding carboxylic acids is 1. The number of aromatic nitrogens is 1. The topological polar surface area (TPSA) is 50.2 Å². The third kappa shape index (κ3) is 2.78. The number of benzene rings is 1. The Balaban J connectivity index is 2.25. The Hall–Kier alpha value is -2.42. The van der Waals surface area contributed by atoms with E-state index in [1.54, 1.807) is 18.3 Å². The van der Waals surface area contributed by atoms with Gasteiger partial charge in [-0.15, -0.1) is 0 Å². The summed E-state index contributed by atoms with van der Waals surface area (Å²) in [6.45, 7) is 0. The minimum Gasteiger partial charge on any atom is -0.507 e. The van der Waals surface area contributed by atoms with Gasteiger partial charge in [-0.3, -0.25) is 9.78 Å². The lowest BCUT2D eigenvalue weighted by Gasteiger charge is -1.98. The molecule has 0 bridgehead atoms. The molecule has 1 N–H and O–H groups in total. The van der Waals surface area contributed by atoms with Gasteiger partial charge in [-0.25, -0.2) is 0 Å². The van der Waals surface area contributed by atoms with E-state index >= 15 is 0 Å². The lowest BCUT2D eigenvalue weighted by molar-refractivity contribution is 0.112. The Labute approximate surface area is 99.1 Å². The van der Waals surface area contributed by atoms with Gasteiger partial charge in [0.25, 0.3) is 0 Å². The summed E-state index contributed by atoms with van der Waals surface area (Å²) in [6, 6.07) is 10.5. The Kier molecular flexibility index (Phi) is 3.31. The first-order valence-electron chi connectivity index (χ1n) is 5.17. The molecule has 84 valence electrons. The Bertz CT molecular complexity index is 547. The Morgan fingerprint density at radius 1 is 1.12 bits per heavy atom. The third-order valence-corrected chi connectivity index (χ3v) is 2.31. The number of nitrogens with zero attached hydrogens (tertiary/aromatic N) is 1. The molecule has 0 aliphatic carbocycles. The molecule has 0 aliphatic heterocycles. The molecule has 0 aliphatic rings. The number of hydrogen-bond acceptors (Lipinski definition) is 3. The minimum absolute atomic E-state index is 0.00464. The summed E-state index contributed by atoms with van der Waals surface area (Å²) in [5.41, 5.74) is 1.97. The molecule has 1 heterocycles. The van der Waals surface area contributed by atoms with E-state index in [0.717, 1.165) is 11.3 Å². The monoisotopic (exact) mass is 225 g/mol. The van der Waals surface area contributed by atoms with Crippen LogP contribution in [-0.2, 0) is 0 Å². The molecule has 3 nitrogen and oxygen atoms in total. The van der Waals surface area contributed by atoms with Gasteiger partial charge in [-0.2, -0.15) is 0 Å². The van der Waals surface area contributed by atoms with Gasteiger partial charge in [0.1, 0.15) is 5.75 Å². The summed E-state index contributed by atoms with van der Waals surface area (Å²) in [5, 5.41) is 9.35. The Morgan fingerprint density at radius 3 is 2.71 bits per heavy atom. The van der Waals surface area contributed by atoms with Crippen LogP contribution < -0.4 is 0 Å². The van der Waals surface area contributed by atoms with Crippen LogP contribution in [0.4, 0.5) is 0 Å². The predicted octanol–water partition coefficient (Wildman–Crippen LogP) is 2.77. The van der Waals surface area contributed by atoms with Crippen molar-refractivity contribution in [3.05, 3.63) is 59.4 Å². The highest BCUT2D eigenvalue weighted by Gasteiger charge is 1.99. The molecular formula is C14H11NO2. The number of pyridine rings is 1. The van der Waals surface area contributed by atoms with Crippen molar-refractivity contribution < 1.29 is 9.90 Å². The molecular weight excluding hydrogens is 214 g/mol. The van der Waals surface area contributed by atoms with E-state index < -0.39 is 0 Å². The fraction of sp³-hybridized carbons (Fsp3) is 0. The quantitative estimate of drug-likeness (QED) is 0.817. The van der Waals surface area contributed by atoms with E-state index in [2.05, 4.69) is 4.98 Å². The number of phenolic OH excluding ortho intramolecular Hbond substituents is 1. The minimum atomic E-state index is -0.00464. The lowest BCUT2D eigenvalue weighted by atomic mass is 10.1. The van der Waals surface area contributed by atoms with Crippen LogP contribution in [0.5, 0.6) is 5.75 Å². The van der Waals surface area contributed by atoms with E-state index in [0.29, 0.717) is 6.29 Å². The van der Waals surface area contributed by atoms with Gasteiger partial charge in [0, 0.05) is 6.20 Å². The van der Waals surface area contributed by atoms with Gasteiger partial charge in [0.05, 0.1) is 11.3 Å². The number of hydrogen-bond donors (Lipinski definition) is 1. The van der Waals surface area contributed by atoms with Crippen molar-refractivity contribution in [3.8, 4) is 5.75 Å². The maximum Gasteiger partial charge on any atom is 0.153 e. The van der Waals surface area contributed by atoms with Crippen molar-refractivity contribution in [1.29, 1.82) is 0 Å². The van der Waals surface area contributed by atoms with Crippen molar-refractivity contribution in [2.75, 3.05) is 0 Å². The summed E-state index contributed by atoms with van der Waals surface area (Å²) in [4.78, 5) is 14.8. The first-order chi connectivity index (χ1) is 8.29. The van der Waals surface area contributed by atoms with Gasteiger partial charge in [-0.05, 0) is 35.9 Å². The second-order valence-corrected chi connectivity index (χ2v) is 3.52. The van der Waals surface area contributed by atoms with E-state index in [4.69, 9.17) is 0 Å². The molecule has 0 saturated carbocycles. The van der Waals surface area contributed by atoms with E-state index in [1.165, 1.54) is 6.07 Å². The fourth-order valence-electron chi connectivity index (χ4n) is 1.43. The zero-order valence-corrected chi connectivity index (χ0v) is 9.08. The normalized spacial score (nSPS) is 10.6. The summed E-state index contributed by atoms with van der Waals surface area (Å²) in [6.07, 6.45) is 6.04. The van der Waals surface area contributed by atoms with E-state index in [1.807, 2.05) is 30.4 Å². The average molecular weight is 225 g/mol. The molecule has 2 rings (SSSR count). The molecule has 2 aromatic rings. The highest BCUT2D eigenvalue weighted by atomic mass is 16.3. The molecule has 0 spiro atoms. The average Bonchev–Trinajstić information content (AvgIpc) is 2.39. The van der Waals surface area contributed by atoms with Gasteiger partial charge in [0.15, 0.2) is 6.29 Å². The van der Waals surface area contributed by atoms with Crippen LogP contribution >= 0.6 is 0 Å². The highest BCUT2D eigenvalue weighted by molar-refractivity contribution is 5.81.